The van der Waals surface area contributed by atoms with Gasteiger partial charge in [0.1, 0.15) is 11.9 Å². The lowest BCUT2D eigenvalue weighted by molar-refractivity contribution is 0.0564. The number of aromatic nitrogens is 4. The fourth-order valence-electron chi connectivity index (χ4n) is 5.56. The molecule has 1 fully saturated rings. The van der Waals surface area contributed by atoms with E-state index in [4.69, 9.17) is 16.6 Å². The first-order valence-electron chi connectivity index (χ1n) is 13.5. The van der Waals surface area contributed by atoms with E-state index in [0.717, 1.165) is 22.6 Å². The normalized spacial score (nSPS) is 18.3. The first kappa shape index (κ1) is 27.4. The SMILES string of the molecule is Fc1ccc([C@@H]2N=C(c3nccs3)N3C[C@@H](Nc4ccc(-c5ccccn5)cc4)CC3=C2c2ccn(C(F)F)n2)c(Cl)c1. The summed E-state index contributed by atoms with van der Waals surface area (Å²) in [5.74, 6) is 0.160. The van der Waals surface area contributed by atoms with Gasteiger partial charge in [-0.2, -0.15) is 13.9 Å². The van der Waals surface area contributed by atoms with E-state index in [1.165, 1.54) is 29.7 Å². The second kappa shape index (κ2) is 11.3. The van der Waals surface area contributed by atoms with Crippen molar-refractivity contribution in [3.05, 3.63) is 124 Å². The fourth-order valence-corrected chi connectivity index (χ4v) is 6.47. The van der Waals surface area contributed by atoms with Gasteiger partial charge in [-0.05, 0) is 42.5 Å². The molecule has 2 aliphatic rings. The second-order valence-electron chi connectivity index (χ2n) is 10.1. The molecule has 0 spiro atoms. The number of rotatable bonds is 7. The topological polar surface area (TPSA) is 71.2 Å². The summed E-state index contributed by atoms with van der Waals surface area (Å²) in [6.45, 7) is -2.24. The Labute approximate surface area is 254 Å². The van der Waals surface area contributed by atoms with E-state index < -0.39 is 18.4 Å². The number of anilines is 1. The van der Waals surface area contributed by atoms with Gasteiger partial charge in [0.15, 0.2) is 10.8 Å². The quantitative estimate of drug-likeness (QED) is 0.203. The number of halogens is 4. The van der Waals surface area contributed by atoms with E-state index in [1.54, 1.807) is 24.5 Å². The molecule has 2 aromatic carbocycles. The number of aliphatic imine (C=N–C) groups is 1. The Bertz CT molecular complexity index is 1820. The molecular formula is C31H23ClF3N7S. The van der Waals surface area contributed by atoms with E-state index >= 15 is 0 Å². The van der Waals surface area contributed by atoms with Crippen molar-refractivity contribution in [2.75, 3.05) is 11.9 Å². The molecule has 0 bridgehead atoms. The summed E-state index contributed by atoms with van der Waals surface area (Å²) in [5.41, 5.74) is 5.24. The van der Waals surface area contributed by atoms with Crippen LogP contribution in [0.2, 0.25) is 5.02 Å². The number of hydrogen-bond acceptors (Lipinski definition) is 7. The molecule has 0 aliphatic carbocycles. The molecule has 0 unspecified atom stereocenters. The van der Waals surface area contributed by atoms with E-state index in [-0.39, 0.29) is 11.1 Å². The molecule has 216 valence electrons. The van der Waals surface area contributed by atoms with Crippen molar-refractivity contribution in [3.63, 3.8) is 0 Å². The number of fused-ring (bicyclic) bond motifs is 1. The highest BCUT2D eigenvalue weighted by Crippen LogP contribution is 2.46. The average molecular weight is 618 g/mol. The number of thiazole rings is 1. The Balaban J connectivity index is 1.29. The summed E-state index contributed by atoms with van der Waals surface area (Å²) in [4.78, 5) is 16.1. The third kappa shape index (κ3) is 5.30. The van der Waals surface area contributed by atoms with Crippen LogP contribution in [-0.4, -0.2) is 43.1 Å². The van der Waals surface area contributed by atoms with Crippen LogP contribution in [0.15, 0.2) is 101 Å². The number of pyridine rings is 1. The summed E-state index contributed by atoms with van der Waals surface area (Å²) in [6, 6.07) is 18.8. The largest absolute Gasteiger partial charge is 0.380 e. The minimum absolute atomic E-state index is 0.0458. The monoisotopic (exact) mass is 617 g/mol. The van der Waals surface area contributed by atoms with Crippen LogP contribution in [0.5, 0.6) is 0 Å². The number of benzene rings is 2. The Kier molecular flexibility index (Phi) is 7.20. The van der Waals surface area contributed by atoms with Gasteiger partial charge < -0.3 is 10.2 Å². The smallest absolute Gasteiger partial charge is 0.333 e. The van der Waals surface area contributed by atoms with Gasteiger partial charge in [-0.1, -0.05) is 35.9 Å². The predicted octanol–water partition coefficient (Wildman–Crippen LogP) is 7.69. The summed E-state index contributed by atoms with van der Waals surface area (Å²) in [5, 5.41) is 10.6. The third-order valence-electron chi connectivity index (χ3n) is 7.44. The fraction of sp³-hybridized carbons (Fsp3) is 0.161. The maximum absolute atomic E-state index is 14.1. The zero-order valence-corrected chi connectivity index (χ0v) is 24.0. The number of nitrogens with one attached hydrogen (secondary N) is 1. The molecule has 5 heterocycles. The summed E-state index contributed by atoms with van der Waals surface area (Å²) in [6.07, 6.45) is 5.27. The van der Waals surface area contributed by atoms with E-state index in [2.05, 4.69) is 25.3 Å². The number of hydrogen-bond donors (Lipinski definition) is 1. The highest BCUT2D eigenvalue weighted by Gasteiger charge is 2.41. The maximum Gasteiger partial charge on any atom is 0.333 e. The van der Waals surface area contributed by atoms with Crippen molar-refractivity contribution in [2.45, 2.75) is 25.1 Å². The van der Waals surface area contributed by atoms with Crippen molar-refractivity contribution >= 4 is 40.0 Å². The Hall–Kier alpha value is -4.48. The predicted molar refractivity (Wildman–Crippen MR) is 162 cm³/mol. The van der Waals surface area contributed by atoms with Crippen LogP contribution >= 0.6 is 22.9 Å². The highest BCUT2D eigenvalue weighted by molar-refractivity contribution is 7.11. The maximum atomic E-state index is 14.1. The van der Waals surface area contributed by atoms with Crippen LogP contribution in [-0.2, 0) is 0 Å². The molecule has 43 heavy (non-hydrogen) atoms. The highest BCUT2D eigenvalue weighted by atomic mass is 35.5. The molecule has 5 aromatic rings. The van der Waals surface area contributed by atoms with Crippen molar-refractivity contribution in [2.24, 2.45) is 4.99 Å². The lowest BCUT2D eigenvalue weighted by Crippen LogP contribution is -2.35. The van der Waals surface area contributed by atoms with Gasteiger partial charge in [0, 0.05) is 76.1 Å². The molecule has 0 amide bonds. The first-order valence-corrected chi connectivity index (χ1v) is 14.8. The molecule has 7 rings (SSSR count). The van der Waals surface area contributed by atoms with Crippen molar-refractivity contribution < 1.29 is 13.2 Å². The lowest BCUT2D eigenvalue weighted by atomic mass is 9.92. The lowest BCUT2D eigenvalue weighted by Gasteiger charge is -2.32. The minimum Gasteiger partial charge on any atom is -0.380 e. The zero-order valence-electron chi connectivity index (χ0n) is 22.4. The molecule has 1 N–H and O–H groups in total. The van der Waals surface area contributed by atoms with Crippen molar-refractivity contribution in [1.29, 1.82) is 0 Å². The summed E-state index contributed by atoms with van der Waals surface area (Å²) >= 11 is 8.01. The molecule has 2 aliphatic heterocycles. The van der Waals surface area contributed by atoms with Crippen molar-refractivity contribution in [3.8, 4) is 11.3 Å². The standard InChI is InChI=1S/C31H23ClF3N7S/c32-23-15-19(33)6-9-22(23)28-27(25-10-13-42(40-25)31(34)35)26-16-21(17-41(26)29(39-28)30-37-12-14-43-30)38-20-7-4-18(5-8-20)24-3-1-2-11-36-24/h1-15,21,28,31,38H,16-17H2/t21-,28-/m0/s1. The van der Waals surface area contributed by atoms with Gasteiger partial charge in [-0.3, -0.25) is 9.98 Å². The van der Waals surface area contributed by atoms with Crippen LogP contribution in [0.4, 0.5) is 18.9 Å². The molecule has 7 nitrogen and oxygen atoms in total. The summed E-state index contributed by atoms with van der Waals surface area (Å²) < 4.78 is 41.9. The van der Waals surface area contributed by atoms with Gasteiger partial charge in [-0.15, -0.1) is 11.3 Å². The van der Waals surface area contributed by atoms with Crippen LogP contribution in [0.25, 0.3) is 16.8 Å². The molecule has 1 saturated heterocycles. The Morgan fingerprint density at radius 3 is 2.53 bits per heavy atom. The average Bonchev–Trinajstić information content (AvgIpc) is 3.79. The van der Waals surface area contributed by atoms with E-state index in [1.807, 2.05) is 47.8 Å². The molecule has 12 heteroatoms. The minimum atomic E-state index is -2.80. The van der Waals surface area contributed by atoms with E-state index in [0.29, 0.717) is 45.3 Å². The number of alkyl halides is 2. The van der Waals surface area contributed by atoms with Crippen LogP contribution in [0.1, 0.15) is 35.3 Å². The second-order valence-corrected chi connectivity index (χ2v) is 11.4. The number of nitrogens with zero attached hydrogens (tertiary/aromatic N) is 6. The van der Waals surface area contributed by atoms with Gasteiger partial charge in [0.25, 0.3) is 0 Å². The van der Waals surface area contributed by atoms with Crippen LogP contribution in [0.3, 0.4) is 0 Å². The van der Waals surface area contributed by atoms with Gasteiger partial charge >= 0.3 is 6.55 Å². The van der Waals surface area contributed by atoms with Gasteiger partial charge in [-0.25, -0.2) is 14.1 Å². The Morgan fingerprint density at radius 2 is 1.84 bits per heavy atom. The van der Waals surface area contributed by atoms with Gasteiger partial charge in [0.2, 0.25) is 0 Å². The van der Waals surface area contributed by atoms with Crippen LogP contribution < -0.4 is 5.32 Å². The van der Waals surface area contributed by atoms with Gasteiger partial charge in [0.05, 0.1) is 11.4 Å². The van der Waals surface area contributed by atoms with Crippen LogP contribution in [0, 0.1) is 5.82 Å². The third-order valence-corrected chi connectivity index (χ3v) is 8.54. The molecule has 0 saturated carbocycles. The summed E-state index contributed by atoms with van der Waals surface area (Å²) in [7, 11) is 0. The molecule has 2 atom stereocenters. The zero-order chi connectivity index (χ0) is 29.5. The Morgan fingerprint density at radius 1 is 0.977 bits per heavy atom. The number of amidine groups is 1. The molecule has 0 radical (unpaired) electrons. The first-order chi connectivity index (χ1) is 20.9. The van der Waals surface area contributed by atoms with E-state index in [9.17, 15) is 13.2 Å². The van der Waals surface area contributed by atoms with Crippen molar-refractivity contribution in [1.82, 2.24) is 24.6 Å². The molecular weight excluding hydrogens is 595 g/mol. The molecule has 3 aromatic heterocycles.